The molecule has 1 atom stereocenters. The summed E-state index contributed by atoms with van der Waals surface area (Å²) < 4.78 is 13.5. The molecule has 1 aromatic heterocycles. The van der Waals surface area contributed by atoms with E-state index in [4.69, 9.17) is 5.11 Å². The predicted molar refractivity (Wildman–Crippen MR) is 78.2 cm³/mol. The lowest BCUT2D eigenvalue weighted by molar-refractivity contribution is -0.133. The Balaban J connectivity index is 2.85. The Morgan fingerprint density at radius 2 is 2.26 bits per heavy atom. The number of hydrogen-bond acceptors (Lipinski definition) is 4. The van der Waals surface area contributed by atoms with Crippen LogP contribution in [0.4, 0.5) is 0 Å². The van der Waals surface area contributed by atoms with Gasteiger partial charge < -0.3 is 9.67 Å². The Morgan fingerprint density at radius 1 is 1.58 bits per heavy atom. The third-order valence-corrected chi connectivity index (χ3v) is 4.89. The Morgan fingerprint density at radius 3 is 2.79 bits per heavy atom. The van der Waals surface area contributed by atoms with Crippen molar-refractivity contribution in [3.63, 3.8) is 0 Å². The third-order valence-electron chi connectivity index (χ3n) is 2.63. The van der Waals surface area contributed by atoms with Gasteiger partial charge in [0.15, 0.2) is 5.16 Å². The number of carboxylic acid groups (broad SMARTS) is 1. The highest BCUT2D eigenvalue weighted by Gasteiger charge is 2.14. The van der Waals surface area contributed by atoms with Gasteiger partial charge in [-0.25, -0.2) is 4.98 Å². The standard InChI is InChI=1S/C12H20N2O3S2/c1-4-19(17)6-5-14-10(9(2)3)7-13-12(14)18-8-11(15)16/h7,9H,4-6,8H2,1-3H3,(H,15,16). The van der Waals surface area contributed by atoms with E-state index in [0.717, 1.165) is 5.69 Å². The van der Waals surface area contributed by atoms with Crippen molar-refractivity contribution in [2.75, 3.05) is 17.3 Å². The molecule has 7 heteroatoms. The van der Waals surface area contributed by atoms with Gasteiger partial charge in [-0.15, -0.1) is 0 Å². The van der Waals surface area contributed by atoms with E-state index >= 15 is 0 Å². The molecule has 0 spiro atoms. The summed E-state index contributed by atoms with van der Waals surface area (Å²) in [7, 11) is -0.828. The Bertz CT molecular complexity index is 458. The molecule has 0 aliphatic rings. The van der Waals surface area contributed by atoms with E-state index in [1.165, 1.54) is 11.8 Å². The van der Waals surface area contributed by atoms with Gasteiger partial charge in [-0.2, -0.15) is 0 Å². The first-order chi connectivity index (χ1) is 8.95. The molecular formula is C12H20N2O3S2. The fourth-order valence-electron chi connectivity index (χ4n) is 1.64. The lowest BCUT2D eigenvalue weighted by Crippen LogP contribution is -2.13. The van der Waals surface area contributed by atoms with E-state index in [0.29, 0.717) is 29.1 Å². The Hall–Kier alpha value is -0.820. The van der Waals surface area contributed by atoms with Crippen LogP contribution in [0.5, 0.6) is 0 Å². The second-order valence-electron chi connectivity index (χ2n) is 4.39. The topological polar surface area (TPSA) is 72.2 Å². The lowest BCUT2D eigenvalue weighted by atomic mass is 10.1. The fourth-order valence-corrected chi connectivity index (χ4v) is 3.04. The van der Waals surface area contributed by atoms with Crippen molar-refractivity contribution in [2.45, 2.75) is 38.4 Å². The summed E-state index contributed by atoms with van der Waals surface area (Å²) in [5.41, 5.74) is 1.06. The van der Waals surface area contributed by atoms with Gasteiger partial charge in [-0.3, -0.25) is 9.00 Å². The predicted octanol–water partition coefficient (Wildman–Crippen LogP) is 1.95. The summed E-state index contributed by atoms with van der Waals surface area (Å²) >= 11 is 1.21. The zero-order chi connectivity index (χ0) is 14.4. The SMILES string of the molecule is CCS(=O)CCn1c(C(C)C)cnc1SCC(=O)O. The van der Waals surface area contributed by atoms with E-state index in [-0.39, 0.29) is 5.75 Å². The van der Waals surface area contributed by atoms with E-state index in [9.17, 15) is 9.00 Å². The number of thioether (sulfide) groups is 1. The van der Waals surface area contributed by atoms with Crippen molar-refractivity contribution >= 4 is 28.5 Å². The monoisotopic (exact) mass is 304 g/mol. The first-order valence-electron chi connectivity index (χ1n) is 6.20. The van der Waals surface area contributed by atoms with Gasteiger partial charge in [-0.05, 0) is 5.92 Å². The molecule has 1 N–H and O–H groups in total. The van der Waals surface area contributed by atoms with Crippen LogP contribution in [-0.4, -0.2) is 42.1 Å². The smallest absolute Gasteiger partial charge is 0.313 e. The Kier molecular flexibility index (Phi) is 6.57. The average Bonchev–Trinajstić information content (AvgIpc) is 2.76. The van der Waals surface area contributed by atoms with Gasteiger partial charge in [0.1, 0.15) is 0 Å². The molecule has 0 amide bonds. The minimum atomic E-state index is -0.859. The summed E-state index contributed by atoms with van der Waals surface area (Å²) in [5, 5.41) is 9.43. The van der Waals surface area contributed by atoms with Crippen molar-refractivity contribution < 1.29 is 14.1 Å². The molecule has 0 fully saturated rings. The summed E-state index contributed by atoms with van der Waals surface area (Å²) in [5.74, 6) is 0.659. The van der Waals surface area contributed by atoms with Gasteiger partial charge >= 0.3 is 5.97 Å². The normalized spacial score (nSPS) is 12.8. The van der Waals surface area contributed by atoms with Gasteiger partial charge in [0, 0.05) is 40.7 Å². The number of hydrogen-bond donors (Lipinski definition) is 1. The zero-order valence-corrected chi connectivity index (χ0v) is 13.1. The molecule has 1 unspecified atom stereocenters. The highest BCUT2D eigenvalue weighted by atomic mass is 32.2. The van der Waals surface area contributed by atoms with Crippen LogP contribution in [0.3, 0.4) is 0 Å². The van der Waals surface area contributed by atoms with Crippen molar-refractivity contribution in [2.24, 2.45) is 0 Å². The first kappa shape index (κ1) is 16.2. The minimum absolute atomic E-state index is 0.00852. The molecule has 1 rings (SSSR count). The van der Waals surface area contributed by atoms with Crippen LogP contribution in [0.1, 0.15) is 32.4 Å². The molecule has 0 aliphatic carbocycles. The summed E-state index contributed by atoms with van der Waals surface area (Å²) in [6.07, 6.45) is 1.78. The van der Waals surface area contributed by atoms with E-state index in [2.05, 4.69) is 18.8 Å². The molecule has 0 aliphatic heterocycles. The number of rotatable bonds is 8. The largest absolute Gasteiger partial charge is 0.481 e. The molecular weight excluding hydrogens is 284 g/mol. The van der Waals surface area contributed by atoms with E-state index < -0.39 is 16.8 Å². The number of nitrogens with zero attached hydrogens (tertiary/aromatic N) is 2. The van der Waals surface area contributed by atoms with Crippen LogP contribution >= 0.6 is 11.8 Å². The quantitative estimate of drug-likeness (QED) is 0.743. The van der Waals surface area contributed by atoms with Crippen LogP contribution < -0.4 is 0 Å². The molecule has 1 aromatic rings. The fraction of sp³-hybridized carbons (Fsp3) is 0.667. The lowest BCUT2D eigenvalue weighted by Gasteiger charge is -2.13. The van der Waals surface area contributed by atoms with E-state index in [1.807, 2.05) is 11.5 Å². The highest BCUT2D eigenvalue weighted by Crippen LogP contribution is 2.23. The number of carbonyl (C=O) groups is 1. The number of carboxylic acids is 1. The number of imidazole rings is 1. The third kappa shape index (κ3) is 4.99. The molecule has 0 bridgehead atoms. The van der Waals surface area contributed by atoms with Gasteiger partial charge in [-0.1, -0.05) is 32.5 Å². The van der Waals surface area contributed by atoms with Crippen LogP contribution in [-0.2, 0) is 22.1 Å². The molecule has 0 saturated carbocycles. The van der Waals surface area contributed by atoms with Crippen LogP contribution in [0, 0.1) is 0 Å². The van der Waals surface area contributed by atoms with E-state index in [1.54, 1.807) is 6.20 Å². The molecule has 108 valence electrons. The van der Waals surface area contributed by atoms with Gasteiger partial charge in [0.25, 0.3) is 0 Å². The zero-order valence-electron chi connectivity index (χ0n) is 11.5. The molecule has 0 saturated heterocycles. The van der Waals surface area contributed by atoms with Crippen molar-refractivity contribution in [3.8, 4) is 0 Å². The maximum atomic E-state index is 11.5. The average molecular weight is 304 g/mol. The van der Waals surface area contributed by atoms with Crippen molar-refractivity contribution in [1.29, 1.82) is 0 Å². The molecule has 19 heavy (non-hydrogen) atoms. The van der Waals surface area contributed by atoms with Crippen LogP contribution in [0.25, 0.3) is 0 Å². The van der Waals surface area contributed by atoms with Gasteiger partial charge in [0.05, 0.1) is 5.75 Å². The molecule has 5 nitrogen and oxygen atoms in total. The number of aliphatic carboxylic acids is 1. The maximum absolute atomic E-state index is 11.5. The van der Waals surface area contributed by atoms with Crippen molar-refractivity contribution in [3.05, 3.63) is 11.9 Å². The summed E-state index contributed by atoms with van der Waals surface area (Å²) in [4.78, 5) is 14.9. The molecule has 0 radical (unpaired) electrons. The van der Waals surface area contributed by atoms with Crippen LogP contribution in [0.2, 0.25) is 0 Å². The minimum Gasteiger partial charge on any atom is -0.481 e. The number of aromatic nitrogens is 2. The summed E-state index contributed by atoms with van der Waals surface area (Å²) in [6, 6.07) is 0. The van der Waals surface area contributed by atoms with Crippen molar-refractivity contribution in [1.82, 2.24) is 9.55 Å². The second-order valence-corrected chi connectivity index (χ2v) is 7.19. The first-order valence-corrected chi connectivity index (χ1v) is 8.68. The van der Waals surface area contributed by atoms with Gasteiger partial charge in [0.2, 0.25) is 0 Å². The second kappa shape index (κ2) is 7.69. The molecule has 0 aromatic carbocycles. The Labute approximate surface area is 120 Å². The molecule has 1 heterocycles. The highest BCUT2D eigenvalue weighted by molar-refractivity contribution is 7.99. The maximum Gasteiger partial charge on any atom is 0.313 e. The van der Waals surface area contributed by atoms with Crippen LogP contribution in [0.15, 0.2) is 11.4 Å². The summed E-state index contributed by atoms with van der Waals surface area (Å²) in [6.45, 7) is 6.65.